The molecule has 3 rings (SSSR count). The highest BCUT2D eigenvalue weighted by Gasteiger charge is 2.29. The van der Waals surface area contributed by atoms with Crippen LogP contribution in [-0.4, -0.2) is 16.9 Å². The topological polar surface area (TPSA) is 125 Å². The summed E-state index contributed by atoms with van der Waals surface area (Å²) in [6.07, 6.45) is 0.509. The molecule has 1 atom stereocenters. The first-order chi connectivity index (χ1) is 13.1. The molecule has 0 spiro atoms. The Labute approximate surface area is 153 Å². The molecule has 1 heterocycles. The van der Waals surface area contributed by atoms with Crippen molar-refractivity contribution in [3.8, 4) is 0 Å². The number of oxazole rings is 1. The zero-order chi connectivity index (χ0) is 19.2. The zero-order valence-corrected chi connectivity index (χ0v) is 14.3. The number of hydrogen-bond acceptors (Lipinski definition) is 7. The van der Waals surface area contributed by atoms with E-state index in [0.29, 0.717) is 17.5 Å². The number of hydrogen-bond donors (Lipinski definition) is 2. The molecule has 0 aliphatic heterocycles. The number of carbonyl (C=O) groups excluding carboxylic acids is 2. The van der Waals surface area contributed by atoms with Gasteiger partial charge in [0, 0.05) is 0 Å². The number of H-pyrrole nitrogens is 1. The van der Waals surface area contributed by atoms with Gasteiger partial charge >= 0.3 is 17.7 Å². The Morgan fingerprint density at radius 1 is 1.07 bits per heavy atom. The van der Waals surface area contributed by atoms with E-state index in [1.54, 1.807) is 18.2 Å². The van der Waals surface area contributed by atoms with Gasteiger partial charge in [-0.1, -0.05) is 36.4 Å². The number of fused-ring (bicyclic) bond motifs is 1. The first kappa shape index (κ1) is 18.4. The average molecular weight is 370 g/mol. The molecule has 0 aliphatic carbocycles. The van der Waals surface area contributed by atoms with E-state index in [-0.39, 0.29) is 13.0 Å². The maximum absolute atomic E-state index is 12.3. The summed E-state index contributed by atoms with van der Waals surface area (Å²) in [6, 6.07) is 14.3. The van der Waals surface area contributed by atoms with E-state index in [2.05, 4.69) is 9.82 Å². The van der Waals surface area contributed by atoms with Crippen molar-refractivity contribution in [2.45, 2.75) is 19.4 Å². The van der Waals surface area contributed by atoms with Crippen LogP contribution in [0.5, 0.6) is 0 Å². The van der Waals surface area contributed by atoms with Crippen LogP contribution in [0, 0.1) is 5.92 Å². The van der Waals surface area contributed by atoms with Crippen molar-refractivity contribution in [1.29, 1.82) is 0 Å². The Bertz CT molecular complexity index is 992. The first-order valence-corrected chi connectivity index (χ1v) is 8.29. The molecule has 0 fully saturated rings. The van der Waals surface area contributed by atoms with Gasteiger partial charge in [0.1, 0.15) is 6.61 Å². The van der Waals surface area contributed by atoms with Crippen molar-refractivity contribution in [3.63, 3.8) is 0 Å². The second-order valence-corrected chi connectivity index (χ2v) is 5.97. The summed E-state index contributed by atoms with van der Waals surface area (Å²) in [5, 5.41) is 0. The fraction of sp³-hybridized carbons (Fsp3) is 0.211. The van der Waals surface area contributed by atoms with Crippen LogP contribution in [0.4, 0.5) is 0 Å². The predicted molar refractivity (Wildman–Crippen MR) is 95.2 cm³/mol. The van der Waals surface area contributed by atoms with Gasteiger partial charge in [0.15, 0.2) is 11.5 Å². The van der Waals surface area contributed by atoms with E-state index in [4.69, 9.17) is 15.1 Å². The Morgan fingerprint density at radius 2 is 1.85 bits per heavy atom. The van der Waals surface area contributed by atoms with Gasteiger partial charge in [0.25, 0.3) is 0 Å². The third-order valence-corrected chi connectivity index (χ3v) is 4.12. The lowest BCUT2D eigenvalue weighted by Gasteiger charge is -2.13. The molecule has 140 valence electrons. The van der Waals surface area contributed by atoms with Crippen molar-refractivity contribution in [2.75, 3.05) is 0 Å². The molecule has 1 aromatic heterocycles. The molecule has 0 saturated carbocycles. The molecule has 27 heavy (non-hydrogen) atoms. The summed E-state index contributed by atoms with van der Waals surface area (Å²) in [5.74, 6) is 1.70. The molecular formula is C19H18N2O6. The minimum absolute atomic E-state index is 0.0501. The van der Waals surface area contributed by atoms with Crippen LogP contribution in [0.15, 0.2) is 57.7 Å². The lowest BCUT2D eigenvalue weighted by Crippen LogP contribution is -2.30. The largest absolute Gasteiger partial charge is 0.460 e. The summed E-state index contributed by atoms with van der Waals surface area (Å²) >= 11 is 0. The molecule has 0 aliphatic rings. The van der Waals surface area contributed by atoms with Crippen molar-refractivity contribution in [1.82, 2.24) is 4.98 Å². The SMILES string of the molecule is NOC(=O)[C@H](CCc1ccc2[nH]c(=O)oc2c1)C(=O)OCc1ccccc1. The maximum atomic E-state index is 12.3. The molecule has 3 aromatic rings. The summed E-state index contributed by atoms with van der Waals surface area (Å²) in [6.45, 7) is 0.0501. The molecular weight excluding hydrogens is 352 g/mol. The number of nitrogens with two attached hydrogens (primary N) is 1. The second kappa shape index (κ2) is 8.33. The van der Waals surface area contributed by atoms with Gasteiger partial charge < -0.3 is 14.0 Å². The summed E-state index contributed by atoms with van der Waals surface area (Å²) < 4.78 is 10.2. The minimum atomic E-state index is -1.15. The molecule has 2 aromatic carbocycles. The number of aromatic amines is 1. The van der Waals surface area contributed by atoms with Gasteiger partial charge in [0.05, 0.1) is 5.52 Å². The first-order valence-electron chi connectivity index (χ1n) is 8.29. The van der Waals surface area contributed by atoms with E-state index in [1.807, 2.05) is 30.3 Å². The van der Waals surface area contributed by atoms with Crippen LogP contribution >= 0.6 is 0 Å². The smallest absolute Gasteiger partial charge is 0.417 e. The van der Waals surface area contributed by atoms with Gasteiger partial charge in [-0.25, -0.2) is 9.59 Å². The monoisotopic (exact) mass is 370 g/mol. The lowest BCUT2D eigenvalue weighted by atomic mass is 9.99. The van der Waals surface area contributed by atoms with Gasteiger partial charge in [-0.05, 0) is 36.1 Å². The average Bonchev–Trinajstić information content (AvgIpc) is 3.06. The summed E-state index contributed by atoms with van der Waals surface area (Å²) in [7, 11) is 0. The number of carbonyl (C=O) groups is 2. The number of esters is 1. The molecule has 0 unspecified atom stereocenters. The highest BCUT2D eigenvalue weighted by Crippen LogP contribution is 2.18. The van der Waals surface area contributed by atoms with E-state index >= 15 is 0 Å². The van der Waals surface area contributed by atoms with Crippen molar-refractivity contribution < 1.29 is 23.6 Å². The molecule has 8 nitrogen and oxygen atoms in total. The van der Waals surface area contributed by atoms with E-state index < -0.39 is 23.6 Å². The number of rotatable bonds is 7. The van der Waals surface area contributed by atoms with E-state index in [0.717, 1.165) is 11.1 Å². The molecule has 8 heteroatoms. The van der Waals surface area contributed by atoms with Crippen LogP contribution in [0.2, 0.25) is 0 Å². The van der Waals surface area contributed by atoms with Crippen LogP contribution in [-0.2, 0) is 32.2 Å². The van der Waals surface area contributed by atoms with Crippen molar-refractivity contribution >= 4 is 23.0 Å². The quantitative estimate of drug-likeness (QED) is 0.369. The van der Waals surface area contributed by atoms with E-state index in [9.17, 15) is 14.4 Å². The Kier molecular flexibility index (Phi) is 5.68. The van der Waals surface area contributed by atoms with Crippen molar-refractivity contribution in [2.24, 2.45) is 11.8 Å². The van der Waals surface area contributed by atoms with Crippen molar-refractivity contribution in [3.05, 3.63) is 70.2 Å². The third kappa shape index (κ3) is 4.62. The predicted octanol–water partition coefficient (Wildman–Crippen LogP) is 1.83. The van der Waals surface area contributed by atoms with Gasteiger partial charge in [-0.3, -0.25) is 9.78 Å². The normalized spacial score (nSPS) is 11.9. The number of aromatic nitrogens is 1. The van der Waals surface area contributed by atoms with Crippen LogP contribution in [0.1, 0.15) is 17.5 Å². The van der Waals surface area contributed by atoms with Crippen LogP contribution in [0.3, 0.4) is 0 Å². The summed E-state index contributed by atoms with van der Waals surface area (Å²) in [4.78, 5) is 42.2. The fourth-order valence-electron chi connectivity index (χ4n) is 2.70. The zero-order valence-electron chi connectivity index (χ0n) is 14.3. The van der Waals surface area contributed by atoms with E-state index in [1.165, 1.54) is 0 Å². The molecule has 0 bridgehead atoms. The second-order valence-electron chi connectivity index (χ2n) is 5.97. The van der Waals surface area contributed by atoms with Gasteiger partial charge in [-0.2, -0.15) is 5.90 Å². The Morgan fingerprint density at radius 3 is 2.59 bits per heavy atom. The highest BCUT2D eigenvalue weighted by molar-refractivity contribution is 5.94. The van der Waals surface area contributed by atoms with Crippen LogP contribution < -0.4 is 11.7 Å². The minimum Gasteiger partial charge on any atom is -0.460 e. The molecule has 0 amide bonds. The maximum Gasteiger partial charge on any atom is 0.417 e. The van der Waals surface area contributed by atoms with Gasteiger partial charge in [0.2, 0.25) is 0 Å². The standard InChI is InChI=1S/C19H18N2O6/c20-27-18(23)14(17(22)25-11-13-4-2-1-3-5-13)8-6-12-7-9-15-16(10-12)26-19(24)21-15/h1-5,7,9-10,14H,6,8,11,20H2,(H,21,24)/t14-/m1/s1. The number of aryl methyl sites for hydroxylation is 1. The molecule has 0 saturated heterocycles. The Balaban J connectivity index is 1.65. The Hall–Kier alpha value is -3.39. The van der Waals surface area contributed by atoms with Crippen LogP contribution in [0.25, 0.3) is 11.1 Å². The van der Waals surface area contributed by atoms with Gasteiger partial charge in [-0.15, -0.1) is 0 Å². The lowest BCUT2D eigenvalue weighted by molar-refractivity contribution is -0.163. The third-order valence-electron chi connectivity index (χ3n) is 4.12. The number of ether oxygens (including phenoxy) is 1. The summed E-state index contributed by atoms with van der Waals surface area (Å²) in [5.41, 5.74) is 2.57. The highest BCUT2D eigenvalue weighted by atomic mass is 16.7. The number of benzene rings is 2. The molecule has 0 radical (unpaired) electrons. The number of nitrogens with one attached hydrogen (secondary N) is 1. The molecule has 3 N–H and O–H groups in total. The fourth-order valence-corrected chi connectivity index (χ4v) is 2.70.